The van der Waals surface area contributed by atoms with E-state index in [0.29, 0.717) is 12.0 Å². The van der Waals surface area contributed by atoms with Gasteiger partial charge in [-0.3, -0.25) is 0 Å². The number of nitrogens with two attached hydrogens (primary N) is 1. The third-order valence-electron chi connectivity index (χ3n) is 3.41. The summed E-state index contributed by atoms with van der Waals surface area (Å²) in [4.78, 5) is 0. The van der Waals surface area contributed by atoms with Crippen molar-refractivity contribution in [3.05, 3.63) is 34.9 Å². The first-order valence-corrected chi connectivity index (χ1v) is 6.39. The Morgan fingerprint density at radius 1 is 1.00 bits per heavy atom. The second-order valence-corrected chi connectivity index (χ2v) is 4.94. The fourth-order valence-electron chi connectivity index (χ4n) is 2.52. The second kappa shape index (κ2) is 6.05. The van der Waals surface area contributed by atoms with Crippen LogP contribution in [0.1, 0.15) is 43.4 Å². The van der Waals surface area contributed by atoms with Crippen LogP contribution in [-0.2, 0) is 6.42 Å². The molecule has 0 bridgehead atoms. The topological polar surface area (TPSA) is 26.0 Å². The van der Waals surface area contributed by atoms with E-state index in [-0.39, 0.29) is 0 Å². The minimum absolute atomic E-state index is 0.302. The lowest BCUT2D eigenvalue weighted by Crippen LogP contribution is -2.31. The molecule has 2 N–H and O–H groups in total. The average molecular weight is 219 g/mol. The summed E-state index contributed by atoms with van der Waals surface area (Å²) in [5.41, 5.74) is 10.3. The summed E-state index contributed by atoms with van der Waals surface area (Å²) in [6, 6.07) is 7.03. The van der Waals surface area contributed by atoms with Gasteiger partial charge in [-0.2, -0.15) is 0 Å². The van der Waals surface area contributed by atoms with Gasteiger partial charge in [-0.05, 0) is 31.7 Å². The summed E-state index contributed by atoms with van der Waals surface area (Å²) in [5.74, 6) is 0.654. The Morgan fingerprint density at radius 2 is 1.50 bits per heavy atom. The van der Waals surface area contributed by atoms with Crippen LogP contribution >= 0.6 is 0 Å². The number of aryl methyl sites for hydroxylation is 2. The maximum Gasteiger partial charge on any atom is 0.0108 e. The van der Waals surface area contributed by atoms with Gasteiger partial charge in [-0.1, -0.05) is 56.0 Å². The van der Waals surface area contributed by atoms with Crippen LogP contribution in [0.15, 0.2) is 18.2 Å². The number of hydrogen-bond donors (Lipinski definition) is 1. The Balaban J connectivity index is 2.72. The fraction of sp³-hybridized carbons (Fsp3) is 0.600. The molecule has 90 valence electrons. The van der Waals surface area contributed by atoms with E-state index >= 15 is 0 Å². The monoisotopic (exact) mass is 219 g/mol. The molecule has 0 aliphatic rings. The molecule has 0 aliphatic carbocycles. The summed E-state index contributed by atoms with van der Waals surface area (Å²) >= 11 is 0. The molecule has 0 fully saturated rings. The van der Waals surface area contributed by atoms with E-state index in [1.807, 2.05) is 0 Å². The lowest BCUT2D eigenvalue weighted by molar-refractivity contribution is 0.393. The lowest BCUT2D eigenvalue weighted by Gasteiger charge is -2.21. The summed E-state index contributed by atoms with van der Waals surface area (Å²) in [6.45, 7) is 8.77. The van der Waals surface area contributed by atoms with Crippen molar-refractivity contribution in [2.24, 2.45) is 11.7 Å². The van der Waals surface area contributed by atoms with Crippen LogP contribution in [0.4, 0.5) is 0 Å². The molecule has 0 amide bonds. The zero-order chi connectivity index (χ0) is 12.1. The van der Waals surface area contributed by atoms with Crippen molar-refractivity contribution in [1.29, 1.82) is 0 Å². The highest BCUT2D eigenvalue weighted by molar-refractivity contribution is 5.29. The van der Waals surface area contributed by atoms with E-state index < -0.39 is 0 Å². The van der Waals surface area contributed by atoms with Crippen molar-refractivity contribution in [3.8, 4) is 0 Å². The molecule has 1 aromatic carbocycles. The van der Waals surface area contributed by atoms with Crippen LogP contribution in [0, 0.1) is 19.8 Å². The molecule has 1 unspecified atom stereocenters. The van der Waals surface area contributed by atoms with Crippen LogP contribution in [0.3, 0.4) is 0 Å². The van der Waals surface area contributed by atoms with Crippen LogP contribution in [0.5, 0.6) is 0 Å². The molecule has 0 saturated heterocycles. The van der Waals surface area contributed by atoms with Crippen LogP contribution in [-0.4, -0.2) is 6.04 Å². The summed E-state index contributed by atoms with van der Waals surface area (Å²) < 4.78 is 0. The molecule has 0 saturated carbocycles. The Labute approximate surface area is 100 Å². The Hall–Kier alpha value is -0.820. The van der Waals surface area contributed by atoms with Gasteiger partial charge in [-0.15, -0.1) is 0 Å². The summed E-state index contributed by atoms with van der Waals surface area (Å²) in [6.07, 6.45) is 3.37. The molecule has 0 aliphatic heterocycles. The van der Waals surface area contributed by atoms with Gasteiger partial charge >= 0.3 is 0 Å². The van der Waals surface area contributed by atoms with Crippen LogP contribution < -0.4 is 5.73 Å². The van der Waals surface area contributed by atoms with Crippen molar-refractivity contribution in [1.82, 2.24) is 0 Å². The van der Waals surface area contributed by atoms with Gasteiger partial charge in [0.05, 0.1) is 0 Å². The maximum absolute atomic E-state index is 6.27. The highest BCUT2D eigenvalue weighted by atomic mass is 14.6. The molecule has 1 aromatic rings. The van der Waals surface area contributed by atoms with E-state index in [1.165, 1.54) is 29.5 Å². The first kappa shape index (κ1) is 13.2. The zero-order valence-corrected chi connectivity index (χ0v) is 11.1. The normalized spacial score (nSPS) is 13.1. The predicted molar refractivity (Wildman–Crippen MR) is 71.7 cm³/mol. The smallest absolute Gasteiger partial charge is 0.0108 e. The maximum atomic E-state index is 6.27. The number of hydrogen-bond acceptors (Lipinski definition) is 1. The van der Waals surface area contributed by atoms with Crippen molar-refractivity contribution in [2.75, 3.05) is 0 Å². The van der Waals surface area contributed by atoms with E-state index in [2.05, 4.69) is 45.9 Å². The number of benzene rings is 1. The molecule has 0 heterocycles. The third kappa shape index (κ3) is 3.64. The molecule has 1 rings (SSSR count). The Bertz CT molecular complexity index is 306. The van der Waals surface area contributed by atoms with Crippen LogP contribution in [0.2, 0.25) is 0 Å². The summed E-state index contributed by atoms with van der Waals surface area (Å²) in [5, 5.41) is 0. The molecule has 1 heteroatoms. The Kier molecular flexibility index (Phi) is 5.01. The fourth-order valence-corrected chi connectivity index (χ4v) is 2.52. The molecule has 0 spiro atoms. The standard InChI is InChI=1S/C15H25N/c1-5-14(6-2)15(16)10-13-8-11(3)7-12(4)9-13/h7-9,14-15H,5-6,10,16H2,1-4H3. The lowest BCUT2D eigenvalue weighted by atomic mass is 9.89. The van der Waals surface area contributed by atoms with Gasteiger partial charge < -0.3 is 5.73 Å². The van der Waals surface area contributed by atoms with Crippen molar-refractivity contribution in [3.63, 3.8) is 0 Å². The van der Waals surface area contributed by atoms with Crippen LogP contribution in [0.25, 0.3) is 0 Å². The van der Waals surface area contributed by atoms with E-state index in [9.17, 15) is 0 Å². The molecule has 1 atom stereocenters. The third-order valence-corrected chi connectivity index (χ3v) is 3.41. The average Bonchev–Trinajstić information content (AvgIpc) is 2.17. The molecular weight excluding hydrogens is 194 g/mol. The molecule has 16 heavy (non-hydrogen) atoms. The minimum atomic E-state index is 0.302. The molecule has 0 radical (unpaired) electrons. The van der Waals surface area contributed by atoms with Crippen molar-refractivity contribution >= 4 is 0 Å². The molecular formula is C15H25N. The van der Waals surface area contributed by atoms with Gasteiger partial charge in [0.25, 0.3) is 0 Å². The van der Waals surface area contributed by atoms with Gasteiger partial charge in [0.2, 0.25) is 0 Å². The molecule has 1 nitrogen and oxygen atoms in total. The second-order valence-electron chi connectivity index (χ2n) is 4.94. The number of rotatable bonds is 5. The zero-order valence-electron chi connectivity index (χ0n) is 11.1. The Morgan fingerprint density at radius 3 is 1.94 bits per heavy atom. The quantitative estimate of drug-likeness (QED) is 0.804. The van der Waals surface area contributed by atoms with Crippen molar-refractivity contribution in [2.45, 2.75) is 53.0 Å². The first-order valence-electron chi connectivity index (χ1n) is 6.39. The highest BCUT2D eigenvalue weighted by Gasteiger charge is 2.14. The predicted octanol–water partition coefficient (Wildman–Crippen LogP) is 3.61. The van der Waals surface area contributed by atoms with Gasteiger partial charge in [-0.25, -0.2) is 0 Å². The van der Waals surface area contributed by atoms with Gasteiger partial charge in [0, 0.05) is 6.04 Å². The molecule has 0 aromatic heterocycles. The SMILES string of the molecule is CCC(CC)C(N)Cc1cc(C)cc(C)c1. The van der Waals surface area contributed by atoms with E-state index in [4.69, 9.17) is 5.73 Å². The van der Waals surface area contributed by atoms with Crippen molar-refractivity contribution < 1.29 is 0 Å². The highest BCUT2D eigenvalue weighted by Crippen LogP contribution is 2.17. The first-order chi connectivity index (χ1) is 7.56. The summed E-state index contributed by atoms with van der Waals surface area (Å²) in [7, 11) is 0. The largest absolute Gasteiger partial charge is 0.327 e. The van der Waals surface area contributed by atoms with Gasteiger partial charge in [0.1, 0.15) is 0 Å². The minimum Gasteiger partial charge on any atom is -0.327 e. The van der Waals surface area contributed by atoms with Gasteiger partial charge in [0.15, 0.2) is 0 Å². The van der Waals surface area contributed by atoms with E-state index in [1.54, 1.807) is 0 Å². The van der Waals surface area contributed by atoms with E-state index in [0.717, 1.165) is 6.42 Å².